The van der Waals surface area contributed by atoms with Gasteiger partial charge in [0.15, 0.2) is 0 Å². The van der Waals surface area contributed by atoms with Crippen LogP contribution in [0.15, 0.2) is 12.1 Å². The molecule has 1 aliphatic rings. The molecule has 0 unspecified atom stereocenters. The van der Waals surface area contributed by atoms with E-state index in [9.17, 15) is 9.59 Å². The first-order valence-electron chi connectivity index (χ1n) is 5.27. The number of anilines is 1. The number of hydrogen-bond acceptors (Lipinski definition) is 2. The highest BCUT2D eigenvalue weighted by Gasteiger charge is 2.25. The minimum absolute atomic E-state index is 0.105. The Morgan fingerprint density at radius 1 is 1.35 bits per heavy atom. The highest BCUT2D eigenvalue weighted by Crippen LogP contribution is 2.37. The van der Waals surface area contributed by atoms with Crippen molar-refractivity contribution in [2.24, 2.45) is 0 Å². The maximum atomic E-state index is 11.6. The molecular formula is C12H11Cl2NO2. The molecule has 1 heterocycles. The molecule has 3 nitrogen and oxygen atoms in total. The molecule has 0 aromatic heterocycles. The summed E-state index contributed by atoms with van der Waals surface area (Å²) in [5.74, 6) is -0.0292. The largest absolute Gasteiger partial charge is 0.310 e. The van der Waals surface area contributed by atoms with Crippen LogP contribution in [0.2, 0.25) is 10.0 Å². The van der Waals surface area contributed by atoms with Gasteiger partial charge in [-0.05, 0) is 11.6 Å². The second-order valence-electron chi connectivity index (χ2n) is 4.01. The zero-order valence-corrected chi connectivity index (χ0v) is 10.8. The maximum Gasteiger partial charge on any atom is 0.223 e. The smallest absolute Gasteiger partial charge is 0.223 e. The quantitative estimate of drug-likeness (QED) is 0.728. The maximum absolute atomic E-state index is 11.6. The van der Waals surface area contributed by atoms with Gasteiger partial charge in [-0.2, -0.15) is 0 Å². The summed E-state index contributed by atoms with van der Waals surface area (Å²) in [6.07, 6.45) is 0.651. The molecule has 0 radical (unpaired) electrons. The number of fused-ring (bicyclic) bond motifs is 1. The molecule has 1 amide bonds. The van der Waals surface area contributed by atoms with Gasteiger partial charge in [-0.1, -0.05) is 29.3 Å². The lowest BCUT2D eigenvalue weighted by Gasteiger charge is -2.22. The second-order valence-corrected chi connectivity index (χ2v) is 4.79. The summed E-state index contributed by atoms with van der Waals surface area (Å²) in [5.41, 5.74) is 1.34. The van der Waals surface area contributed by atoms with Gasteiger partial charge in [0.1, 0.15) is 5.78 Å². The Kier molecular flexibility index (Phi) is 3.40. The molecule has 0 fully saturated rings. The van der Waals surface area contributed by atoms with Crippen LogP contribution in [0.3, 0.4) is 0 Å². The molecule has 1 aromatic carbocycles. The van der Waals surface area contributed by atoms with E-state index in [-0.39, 0.29) is 11.7 Å². The third-order valence-electron chi connectivity index (χ3n) is 2.80. The summed E-state index contributed by atoms with van der Waals surface area (Å²) >= 11 is 12.1. The fourth-order valence-corrected chi connectivity index (χ4v) is 2.42. The van der Waals surface area contributed by atoms with Gasteiger partial charge in [0, 0.05) is 26.3 Å². The van der Waals surface area contributed by atoms with Crippen molar-refractivity contribution in [1.29, 1.82) is 0 Å². The van der Waals surface area contributed by atoms with E-state index in [1.54, 1.807) is 12.1 Å². The summed E-state index contributed by atoms with van der Waals surface area (Å²) in [6.45, 7) is 1.82. The SMILES string of the molecule is CC(=O)N1CCC(=O)Cc2ccc(Cl)c(Cl)c21. The Hall–Kier alpha value is -1.06. The molecule has 0 spiro atoms. The molecule has 1 aliphatic heterocycles. The number of Topliss-reactive ketones (excluding diaryl/α,β-unsaturated/α-hetero) is 1. The van der Waals surface area contributed by atoms with E-state index < -0.39 is 0 Å². The van der Waals surface area contributed by atoms with Crippen molar-refractivity contribution >= 4 is 40.6 Å². The molecule has 0 saturated heterocycles. The van der Waals surface area contributed by atoms with Gasteiger partial charge in [0.2, 0.25) is 5.91 Å². The van der Waals surface area contributed by atoms with Crippen LogP contribution in [0, 0.1) is 0 Å². The van der Waals surface area contributed by atoms with Crippen LogP contribution in [0.4, 0.5) is 5.69 Å². The van der Waals surface area contributed by atoms with Gasteiger partial charge in [-0.15, -0.1) is 0 Å². The van der Waals surface area contributed by atoms with Gasteiger partial charge >= 0.3 is 0 Å². The molecule has 0 aliphatic carbocycles. The normalized spacial score (nSPS) is 15.5. The monoisotopic (exact) mass is 271 g/mol. The van der Waals surface area contributed by atoms with E-state index in [1.165, 1.54) is 11.8 Å². The lowest BCUT2D eigenvalue weighted by Crippen LogP contribution is -2.30. The molecule has 2 rings (SSSR count). The van der Waals surface area contributed by atoms with Crippen molar-refractivity contribution < 1.29 is 9.59 Å². The molecule has 0 saturated carbocycles. The Morgan fingerprint density at radius 3 is 2.71 bits per heavy atom. The summed E-state index contributed by atoms with van der Waals surface area (Å²) in [5, 5.41) is 0.736. The number of nitrogens with zero attached hydrogens (tertiary/aromatic N) is 1. The predicted molar refractivity (Wildman–Crippen MR) is 67.8 cm³/mol. The molecule has 0 bridgehead atoms. The van der Waals surface area contributed by atoms with Gasteiger partial charge in [-0.3, -0.25) is 9.59 Å². The second kappa shape index (κ2) is 4.67. The summed E-state index contributed by atoms with van der Waals surface area (Å²) in [7, 11) is 0. The van der Waals surface area contributed by atoms with Gasteiger partial charge in [0.05, 0.1) is 15.7 Å². The standard InChI is InChI=1S/C12H11Cl2NO2/c1-7(16)15-5-4-9(17)6-8-2-3-10(13)11(14)12(8)15/h2-3H,4-6H2,1H3. The topological polar surface area (TPSA) is 37.4 Å². The third kappa shape index (κ3) is 2.31. The molecule has 90 valence electrons. The van der Waals surface area contributed by atoms with Crippen LogP contribution >= 0.6 is 23.2 Å². The summed E-state index contributed by atoms with van der Waals surface area (Å²) < 4.78 is 0. The molecule has 0 atom stereocenters. The zero-order valence-electron chi connectivity index (χ0n) is 9.30. The van der Waals surface area contributed by atoms with E-state index >= 15 is 0 Å². The Morgan fingerprint density at radius 2 is 2.06 bits per heavy atom. The van der Waals surface area contributed by atoms with Crippen molar-refractivity contribution in [2.45, 2.75) is 19.8 Å². The minimum atomic E-state index is -0.134. The number of amides is 1. The van der Waals surface area contributed by atoms with E-state index in [4.69, 9.17) is 23.2 Å². The Bertz CT molecular complexity index is 500. The van der Waals surface area contributed by atoms with Crippen LogP contribution in [0.25, 0.3) is 0 Å². The number of carbonyl (C=O) groups is 2. The van der Waals surface area contributed by atoms with Crippen molar-refractivity contribution in [1.82, 2.24) is 0 Å². The van der Waals surface area contributed by atoms with Crippen LogP contribution in [-0.2, 0) is 16.0 Å². The first-order valence-corrected chi connectivity index (χ1v) is 6.03. The lowest BCUT2D eigenvalue weighted by molar-refractivity contribution is -0.118. The number of rotatable bonds is 0. The Labute approximate surface area is 109 Å². The molecule has 1 aromatic rings. The third-order valence-corrected chi connectivity index (χ3v) is 3.60. The van der Waals surface area contributed by atoms with E-state index in [0.29, 0.717) is 35.1 Å². The minimum Gasteiger partial charge on any atom is -0.310 e. The Balaban J connectivity index is 2.62. The highest BCUT2D eigenvalue weighted by molar-refractivity contribution is 6.44. The number of ketones is 1. The van der Waals surface area contributed by atoms with Crippen LogP contribution < -0.4 is 4.90 Å². The van der Waals surface area contributed by atoms with Crippen molar-refractivity contribution in [3.63, 3.8) is 0 Å². The van der Waals surface area contributed by atoms with Gasteiger partial charge in [-0.25, -0.2) is 0 Å². The molecule has 5 heteroatoms. The van der Waals surface area contributed by atoms with E-state index in [0.717, 1.165) is 5.56 Å². The molecular weight excluding hydrogens is 261 g/mol. The number of benzene rings is 1. The number of carbonyl (C=O) groups excluding carboxylic acids is 2. The average Bonchev–Trinajstić information content (AvgIpc) is 2.43. The van der Waals surface area contributed by atoms with Gasteiger partial charge < -0.3 is 4.90 Å². The van der Waals surface area contributed by atoms with E-state index in [2.05, 4.69) is 0 Å². The number of halogens is 2. The number of hydrogen-bond donors (Lipinski definition) is 0. The van der Waals surface area contributed by atoms with Crippen molar-refractivity contribution in [2.75, 3.05) is 11.4 Å². The predicted octanol–water partition coefficient (Wildman–Crippen LogP) is 2.86. The van der Waals surface area contributed by atoms with Crippen LogP contribution in [0.1, 0.15) is 18.9 Å². The average molecular weight is 272 g/mol. The molecule has 17 heavy (non-hydrogen) atoms. The van der Waals surface area contributed by atoms with E-state index in [1.807, 2.05) is 0 Å². The first-order chi connectivity index (χ1) is 8.00. The van der Waals surface area contributed by atoms with Crippen molar-refractivity contribution in [3.8, 4) is 0 Å². The summed E-state index contributed by atoms with van der Waals surface area (Å²) in [4.78, 5) is 24.7. The highest BCUT2D eigenvalue weighted by atomic mass is 35.5. The summed E-state index contributed by atoms with van der Waals surface area (Å²) in [6, 6.07) is 3.41. The molecule has 0 N–H and O–H groups in total. The van der Waals surface area contributed by atoms with Gasteiger partial charge in [0.25, 0.3) is 0 Å². The fourth-order valence-electron chi connectivity index (χ4n) is 1.98. The van der Waals surface area contributed by atoms with Crippen molar-refractivity contribution in [3.05, 3.63) is 27.7 Å². The fraction of sp³-hybridized carbons (Fsp3) is 0.333. The zero-order chi connectivity index (χ0) is 12.6. The van der Waals surface area contributed by atoms with Crippen LogP contribution in [0.5, 0.6) is 0 Å². The lowest BCUT2D eigenvalue weighted by atomic mass is 10.1. The van der Waals surface area contributed by atoms with Crippen LogP contribution in [-0.4, -0.2) is 18.2 Å². The first kappa shape index (κ1) is 12.4.